The van der Waals surface area contributed by atoms with E-state index in [4.69, 9.17) is 5.73 Å². The molecular weight excluding hydrogens is 198 g/mol. The number of hydrogen-bond acceptors (Lipinski definition) is 3. The van der Waals surface area contributed by atoms with Gasteiger partial charge in [0.15, 0.2) is 0 Å². The maximum atomic E-state index is 5.95. The SMILES string of the molecule is CC1=NN=CC(c2cc(C)c(N)c(C)c2)C1. The van der Waals surface area contributed by atoms with E-state index in [0.29, 0.717) is 5.92 Å². The van der Waals surface area contributed by atoms with Crippen molar-refractivity contribution < 1.29 is 0 Å². The fraction of sp³-hybridized carbons (Fsp3) is 0.385. The maximum absolute atomic E-state index is 5.95. The van der Waals surface area contributed by atoms with Crippen LogP contribution < -0.4 is 5.73 Å². The van der Waals surface area contributed by atoms with Gasteiger partial charge >= 0.3 is 0 Å². The number of nitrogens with two attached hydrogens (primary N) is 1. The highest BCUT2D eigenvalue weighted by Crippen LogP contribution is 2.26. The lowest BCUT2D eigenvalue weighted by Crippen LogP contribution is -2.10. The van der Waals surface area contributed by atoms with E-state index in [1.165, 1.54) is 5.56 Å². The quantitative estimate of drug-likeness (QED) is 0.719. The highest BCUT2D eigenvalue weighted by molar-refractivity contribution is 5.89. The fourth-order valence-electron chi connectivity index (χ4n) is 2.05. The highest BCUT2D eigenvalue weighted by atomic mass is 15.2. The number of nitrogens with zero attached hydrogens (tertiary/aromatic N) is 2. The second kappa shape index (κ2) is 4.08. The Labute approximate surface area is 96.1 Å². The van der Waals surface area contributed by atoms with Crippen molar-refractivity contribution in [1.29, 1.82) is 0 Å². The van der Waals surface area contributed by atoms with E-state index < -0.39 is 0 Å². The van der Waals surface area contributed by atoms with Crippen molar-refractivity contribution >= 4 is 17.6 Å². The molecule has 0 aliphatic carbocycles. The van der Waals surface area contributed by atoms with Gasteiger partial charge in [0.25, 0.3) is 0 Å². The summed E-state index contributed by atoms with van der Waals surface area (Å²) in [6, 6.07) is 4.30. The molecule has 0 spiro atoms. The van der Waals surface area contributed by atoms with Gasteiger partial charge in [0.1, 0.15) is 0 Å². The Kier molecular flexibility index (Phi) is 2.77. The summed E-state index contributed by atoms with van der Waals surface area (Å²) in [5.41, 5.74) is 11.5. The lowest BCUT2D eigenvalue weighted by molar-refractivity contribution is 0.909. The van der Waals surface area contributed by atoms with E-state index in [1.807, 2.05) is 27.0 Å². The van der Waals surface area contributed by atoms with E-state index in [9.17, 15) is 0 Å². The average molecular weight is 215 g/mol. The molecule has 1 heterocycles. The number of anilines is 1. The topological polar surface area (TPSA) is 50.7 Å². The second-order valence-electron chi connectivity index (χ2n) is 4.48. The fourth-order valence-corrected chi connectivity index (χ4v) is 2.05. The third-order valence-corrected chi connectivity index (χ3v) is 3.03. The maximum Gasteiger partial charge on any atom is 0.0384 e. The Balaban J connectivity index is 2.35. The van der Waals surface area contributed by atoms with E-state index in [-0.39, 0.29) is 0 Å². The highest BCUT2D eigenvalue weighted by Gasteiger charge is 2.15. The molecule has 3 nitrogen and oxygen atoms in total. The van der Waals surface area contributed by atoms with Crippen LogP contribution in [-0.2, 0) is 0 Å². The molecule has 2 N–H and O–H groups in total. The van der Waals surface area contributed by atoms with Crippen molar-refractivity contribution in [3.8, 4) is 0 Å². The van der Waals surface area contributed by atoms with Gasteiger partial charge in [0.05, 0.1) is 0 Å². The molecule has 0 saturated carbocycles. The Morgan fingerprint density at radius 1 is 1.19 bits per heavy atom. The first-order valence-electron chi connectivity index (χ1n) is 5.51. The molecule has 0 amide bonds. The Morgan fingerprint density at radius 3 is 2.38 bits per heavy atom. The molecule has 2 rings (SSSR count). The zero-order valence-corrected chi connectivity index (χ0v) is 9.99. The average Bonchev–Trinajstić information content (AvgIpc) is 2.25. The molecule has 0 fully saturated rings. The van der Waals surface area contributed by atoms with E-state index in [1.54, 1.807) is 0 Å². The van der Waals surface area contributed by atoms with Crippen LogP contribution in [0, 0.1) is 13.8 Å². The van der Waals surface area contributed by atoms with Crippen LogP contribution in [0.4, 0.5) is 5.69 Å². The lowest BCUT2D eigenvalue weighted by atomic mass is 9.91. The Morgan fingerprint density at radius 2 is 1.81 bits per heavy atom. The standard InChI is InChI=1S/C13H17N3/c1-8-4-11(5-9(2)13(8)14)12-6-10(3)16-15-7-12/h4-5,7,12H,6,14H2,1-3H3. The summed E-state index contributed by atoms with van der Waals surface area (Å²) in [5.74, 6) is 0.343. The lowest BCUT2D eigenvalue weighted by Gasteiger charge is -2.17. The van der Waals surface area contributed by atoms with Crippen molar-refractivity contribution in [3.05, 3.63) is 28.8 Å². The van der Waals surface area contributed by atoms with Crippen LogP contribution in [0.5, 0.6) is 0 Å². The van der Waals surface area contributed by atoms with E-state index >= 15 is 0 Å². The number of hydrogen-bond donors (Lipinski definition) is 1. The van der Waals surface area contributed by atoms with Crippen LogP contribution >= 0.6 is 0 Å². The van der Waals surface area contributed by atoms with Crippen LogP contribution in [0.2, 0.25) is 0 Å². The first-order chi connectivity index (χ1) is 7.58. The van der Waals surface area contributed by atoms with Crippen molar-refractivity contribution in [1.82, 2.24) is 0 Å². The van der Waals surface area contributed by atoms with Gasteiger partial charge < -0.3 is 5.73 Å². The normalized spacial score (nSPS) is 19.7. The number of aryl methyl sites for hydroxylation is 2. The predicted octanol–water partition coefficient (Wildman–Crippen LogP) is 2.82. The van der Waals surface area contributed by atoms with Gasteiger partial charge in [0, 0.05) is 23.5 Å². The van der Waals surface area contributed by atoms with Gasteiger partial charge in [-0.2, -0.15) is 10.2 Å². The first-order valence-corrected chi connectivity index (χ1v) is 5.51. The number of nitrogen functional groups attached to an aromatic ring is 1. The molecule has 0 aromatic heterocycles. The second-order valence-corrected chi connectivity index (χ2v) is 4.48. The first kappa shape index (κ1) is 10.9. The molecule has 16 heavy (non-hydrogen) atoms. The van der Waals surface area contributed by atoms with Gasteiger partial charge in [-0.1, -0.05) is 12.1 Å². The molecular formula is C13H17N3. The summed E-state index contributed by atoms with van der Waals surface area (Å²) in [5, 5.41) is 8.06. The van der Waals surface area contributed by atoms with Gasteiger partial charge in [-0.05, 0) is 43.9 Å². The molecule has 1 aliphatic rings. The van der Waals surface area contributed by atoms with Gasteiger partial charge in [-0.25, -0.2) is 0 Å². The zero-order valence-electron chi connectivity index (χ0n) is 9.99. The summed E-state index contributed by atoms with van der Waals surface area (Å²) in [6.45, 7) is 6.11. The minimum absolute atomic E-state index is 0.343. The summed E-state index contributed by atoms with van der Waals surface area (Å²) >= 11 is 0. The van der Waals surface area contributed by atoms with Crippen molar-refractivity contribution in [3.63, 3.8) is 0 Å². The molecule has 3 heteroatoms. The summed E-state index contributed by atoms with van der Waals surface area (Å²) in [6.07, 6.45) is 2.86. The predicted molar refractivity (Wildman–Crippen MR) is 69.3 cm³/mol. The summed E-state index contributed by atoms with van der Waals surface area (Å²) in [4.78, 5) is 0. The Bertz CT molecular complexity index is 449. The third kappa shape index (κ3) is 1.98. The Hall–Kier alpha value is -1.64. The van der Waals surface area contributed by atoms with Crippen LogP contribution in [0.3, 0.4) is 0 Å². The van der Waals surface area contributed by atoms with Crippen molar-refractivity contribution in [2.45, 2.75) is 33.1 Å². The van der Waals surface area contributed by atoms with E-state index in [0.717, 1.165) is 28.9 Å². The minimum atomic E-state index is 0.343. The molecule has 0 bridgehead atoms. The molecule has 1 aromatic rings. The smallest absolute Gasteiger partial charge is 0.0384 e. The molecule has 84 valence electrons. The molecule has 0 saturated heterocycles. The molecule has 1 aromatic carbocycles. The van der Waals surface area contributed by atoms with Crippen molar-refractivity contribution in [2.24, 2.45) is 10.2 Å². The summed E-state index contributed by atoms with van der Waals surface area (Å²) in [7, 11) is 0. The van der Waals surface area contributed by atoms with Gasteiger partial charge in [-0.15, -0.1) is 0 Å². The minimum Gasteiger partial charge on any atom is -0.398 e. The van der Waals surface area contributed by atoms with Crippen LogP contribution in [-0.4, -0.2) is 11.9 Å². The van der Waals surface area contributed by atoms with Crippen molar-refractivity contribution in [2.75, 3.05) is 5.73 Å². The van der Waals surface area contributed by atoms with Gasteiger partial charge in [0.2, 0.25) is 0 Å². The number of benzene rings is 1. The zero-order chi connectivity index (χ0) is 11.7. The molecule has 1 aliphatic heterocycles. The summed E-state index contributed by atoms with van der Waals surface area (Å²) < 4.78 is 0. The molecule has 1 unspecified atom stereocenters. The van der Waals surface area contributed by atoms with Gasteiger partial charge in [-0.3, -0.25) is 0 Å². The van der Waals surface area contributed by atoms with Crippen LogP contribution in [0.25, 0.3) is 0 Å². The molecule has 1 atom stereocenters. The number of rotatable bonds is 1. The van der Waals surface area contributed by atoms with Crippen LogP contribution in [0.1, 0.15) is 36.0 Å². The largest absolute Gasteiger partial charge is 0.398 e. The van der Waals surface area contributed by atoms with E-state index in [2.05, 4.69) is 22.3 Å². The van der Waals surface area contributed by atoms with Crippen LogP contribution in [0.15, 0.2) is 22.3 Å². The third-order valence-electron chi connectivity index (χ3n) is 3.03. The monoisotopic (exact) mass is 215 g/mol. The molecule has 0 radical (unpaired) electrons.